The summed E-state index contributed by atoms with van der Waals surface area (Å²) in [4.78, 5) is 11.8. The highest BCUT2D eigenvalue weighted by Gasteiger charge is 2.19. The molecule has 1 fully saturated rings. The van der Waals surface area contributed by atoms with Gasteiger partial charge in [-0.1, -0.05) is 6.42 Å². The van der Waals surface area contributed by atoms with Crippen molar-refractivity contribution in [3.8, 4) is 0 Å². The van der Waals surface area contributed by atoms with Crippen molar-refractivity contribution in [3.63, 3.8) is 0 Å². The maximum Gasteiger partial charge on any atom is 0.254 e. The Morgan fingerprint density at radius 3 is 2.89 bits per heavy atom. The Labute approximate surface area is 111 Å². The highest BCUT2D eigenvalue weighted by molar-refractivity contribution is 5.94. The number of nitrogens with one attached hydrogen (secondary N) is 2. The maximum absolute atomic E-state index is 13.4. The quantitative estimate of drug-likeness (QED) is 0.882. The van der Waals surface area contributed by atoms with Gasteiger partial charge in [0.1, 0.15) is 11.6 Å². The van der Waals surface area contributed by atoms with Gasteiger partial charge in [-0.3, -0.25) is 4.79 Å². The second kappa shape index (κ2) is 6.10. The molecule has 5 heteroatoms. The minimum absolute atomic E-state index is 0.120. The Morgan fingerprint density at radius 2 is 2.21 bits per heavy atom. The van der Waals surface area contributed by atoms with E-state index < -0.39 is 17.5 Å². The van der Waals surface area contributed by atoms with Gasteiger partial charge < -0.3 is 10.6 Å². The first-order chi connectivity index (χ1) is 9.06. The number of amides is 1. The number of carbonyl (C=O) groups excluding carboxylic acids is 1. The number of benzene rings is 1. The lowest BCUT2D eigenvalue weighted by Crippen LogP contribution is -2.47. The average Bonchev–Trinajstić information content (AvgIpc) is 2.36. The Morgan fingerprint density at radius 1 is 1.42 bits per heavy atom. The molecule has 1 aromatic rings. The van der Waals surface area contributed by atoms with Crippen molar-refractivity contribution in [3.05, 3.63) is 35.4 Å². The minimum Gasteiger partial charge on any atom is -0.350 e. The van der Waals surface area contributed by atoms with Crippen LogP contribution in [0.3, 0.4) is 0 Å². The molecular formula is C14H18F2N2O. The van der Waals surface area contributed by atoms with Gasteiger partial charge >= 0.3 is 0 Å². The molecule has 0 aromatic heterocycles. The number of hydrogen-bond donors (Lipinski definition) is 2. The van der Waals surface area contributed by atoms with Crippen molar-refractivity contribution in [2.75, 3.05) is 6.54 Å². The van der Waals surface area contributed by atoms with Crippen LogP contribution in [-0.4, -0.2) is 24.5 Å². The molecule has 0 spiro atoms. The zero-order chi connectivity index (χ0) is 13.8. The molecule has 1 aromatic carbocycles. The van der Waals surface area contributed by atoms with Crippen LogP contribution in [0.4, 0.5) is 8.78 Å². The second-order valence-electron chi connectivity index (χ2n) is 5.03. The van der Waals surface area contributed by atoms with Crippen molar-refractivity contribution in [1.82, 2.24) is 10.6 Å². The zero-order valence-electron chi connectivity index (χ0n) is 10.9. The number of halogens is 2. The van der Waals surface area contributed by atoms with E-state index in [1.807, 2.05) is 0 Å². The fourth-order valence-electron chi connectivity index (χ4n) is 2.39. The smallest absolute Gasteiger partial charge is 0.254 e. The highest BCUT2D eigenvalue weighted by Crippen LogP contribution is 2.12. The van der Waals surface area contributed by atoms with Crippen molar-refractivity contribution in [2.24, 2.45) is 0 Å². The van der Waals surface area contributed by atoms with Crippen molar-refractivity contribution >= 4 is 5.91 Å². The lowest BCUT2D eigenvalue weighted by atomic mass is 9.99. The predicted octanol–water partition coefficient (Wildman–Crippen LogP) is 2.23. The first kappa shape index (κ1) is 13.9. The van der Waals surface area contributed by atoms with E-state index in [2.05, 4.69) is 17.6 Å². The summed E-state index contributed by atoms with van der Waals surface area (Å²) in [5, 5.41) is 6.06. The van der Waals surface area contributed by atoms with Gasteiger partial charge in [0, 0.05) is 24.7 Å². The summed E-state index contributed by atoms with van der Waals surface area (Å²) in [6.45, 7) is 2.56. The third kappa shape index (κ3) is 3.73. The normalized spacial score (nSPS) is 23.1. The fourth-order valence-corrected chi connectivity index (χ4v) is 2.39. The van der Waals surface area contributed by atoms with Gasteiger partial charge in [-0.15, -0.1) is 0 Å². The summed E-state index contributed by atoms with van der Waals surface area (Å²) in [7, 11) is 0. The summed E-state index contributed by atoms with van der Waals surface area (Å²) in [6.07, 6.45) is 3.26. The van der Waals surface area contributed by atoms with Crippen LogP contribution in [0, 0.1) is 11.6 Å². The fraction of sp³-hybridized carbons (Fsp3) is 0.500. The van der Waals surface area contributed by atoms with E-state index in [-0.39, 0.29) is 11.6 Å². The van der Waals surface area contributed by atoms with Crippen LogP contribution in [0.15, 0.2) is 18.2 Å². The van der Waals surface area contributed by atoms with Crippen molar-refractivity contribution < 1.29 is 13.6 Å². The molecule has 3 nitrogen and oxygen atoms in total. The first-order valence-electron chi connectivity index (χ1n) is 6.55. The summed E-state index contributed by atoms with van der Waals surface area (Å²) in [6, 6.07) is 3.63. The average molecular weight is 268 g/mol. The van der Waals surface area contributed by atoms with E-state index in [0.29, 0.717) is 12.6 Å². The molecule has 0 radical (unpaired) electrons. The Kier molecular flexibility index (Phi) is 4.47. The van der Waals surface area contributed by atoms with Crippen LogP contribution >= 0.6 is 0 Å². The summed E-state index contributed by atoms with van der Waals surface area (Å²) in [5.74, 6) is -2.02. The van der Waals surface area contributed by atoms with Gasteiger partial charge in [0.2, 0.25) is 0 Å². The SMILES string of the molecule is CC1CCCC(CNC(=O)c2ccc(F)cc2F)N1. The molecule has 1 aliphatic rings. The Hall–Kier alpha value is -1.49. The molecule has 2 N–H and O–H groups in total. The topological polar surface area (TPSA) is 41.1 Å². The number of piperidine rings is 1. The van der Waals surface area contributed by atoms with E-state index in [1.54, 1.807) is 0 Å². The number of carbonyl (C=O) groups is 1. The first-order valence-corrected chi connectivity index (χ1v) is 6.55. The molecule has 2 unspecified atom stereocenters. The molecule has 0 bridgehead atoms. The molecule has 0 aliphatic carbocycles. The standard InChI is InChI=1S/C14H18F2N2O/c1-9-3-2-4-11(18-9)8-17-14(19)12-6-5-10(15)7-13(12)16/h5-7,9,11,18H,2-4,8H2,1H3,(H,17,19). The molecule has 1 aliphatic heterocycles. The van der Waals surface area contributed by atoms with Gasteiger partial charge in [0.25, 0.3) is 5.91 Å². The Balaban J connectivity index is 1.90. The maximum atomic E-state index is 13.4. The zero-order valence-corrected chi connectivity index (χ0v) is 10.9. The summed E-state index contributed by atoms with van der Waals surface area (Å²) >= 11 is 0. The molecule has 1 heterocycles. The van der Waals surface area contributed by atoms with Gasteiger partial charge in [0.05, 0.1) is 5.56 Å². The van der Waals surface area contributed by atoms with Crippen LogP contribution in [0.2, 0.25) is 0 Å². The third-order valence-electron chi connectivity index (χ3n) is 3.39. The minimum atomic E-state index is -0.831. The van der Waals surface area contributed by atoms with Crippen LogP contribution in [0.25, 0.3) is 0 Å². The molecule has 0 saturated carbocycles. The monoisotopic (exact) mass is 268 g/mol. The molecule has 2 rings (SSSR count). The highest BCUT2D eigenvalue weighted by atomic mass is 19.1. The van der Waals surface area contributed by atoms with E-state index in [1.165, 1.54) is 0 Å². The number of rotatable bonds is 3. The van der Waals surface area contributed by atoms with Crippen LogP contribution in [-0.2, 0) is 0 Å². The lowest BCUT2D eigenvalue weighted by Gasteiger charge is -2.28. The molecular weight excluding hydrogens is 250 g/mol. The Bertz CT molecular complexity index is 465. The van der Waals surface area contributed by atoms with Gasteiger partial charge in [0.15, 0.2) is 0 Å². The summed E-state index contributed by atoms with van der Waals surface area (Å²) in [5.41, 5.74) is -0.120. The third-order valence-corrected chi connectivity index (χ3v) is 3.39. The number of hydrogen-bond acceptors (Lipinski definition) is 2. The van der Waals surface area contributed by atoms with Crippen molar-refractivity contribution in [2.45, 2.75) is 38.3 Å². The molecule has 104 valence electrons. The van der Waals surface area contributed by atoms with Crippen LogP contribution in [0.5, 0.6) is 0 Å². The summed E-state index contributed by atoms with van der Waals surface area (Å²) < 4.78 is 26.2. The van der Waals surface area contributed by atoms with E-state index in [4.69, 9.17) is 0 Å². The largest absolute Gasteiger partial charge is 0.350 e. The van der Waals surface area contributed by atoms with E-state index in [0.717, 1.165) is 37.5 Å². The van der Waals surface area contributed by atoms with E-state index in [9.17, 15) is 13.6 Å². The second-order valence-corrected chi connectivity index (χ2v) is 5.03. The van der Waals surface area contributed by atoms with Gasteiger partial charge in [-0.25, -0.2) is 8.78 Å². The predicted molar refractivity (Wildman–Crippen MR) is 68.9 cm³/mol. The van der Waals surface area contributed by atoms with Crippen molar-refractivity contribution in [1.29, 1.82) is 0 Å². The van der Waals surface area contributed by atoms with E-state index >= 15 is 0 Å². The molecule has 2 atom stereocenters. The molecule has 19 heavy (non-hydrogen) atoms. The lowest BCUT2D eigenvalue weighted by molar-refractivity contribution is 0.0942. The molecule has 1 amide bonds. The van der Waals surface area contributed by atoms with Crippen LogP contribution in [0.1, 0.15) is 36.5 Å². The molecule has 1 saturated heterocycles. The van der Waals surface area contributed by atoms with Gasteiger partial charge in [-0.05, 0) is 31.9 Å². The van der Waals surface area contributed by atoms with Gasteiger partial charge in [-0.2, -0.15) is 0 Å². The van der Waals surface area contributed by atoms with Crippen LogP contribution < -0.4 is 10.6 Å².